The van der Waals surface area contributed by atoms with Gasteiger partial charge in [-0.25, -0.2) is 18.1 Å². The van der Waals surface area contributed by atoms with Crippen LogP contribution in [0.4, 0.5) is 0 Å². The molecule has 0 fully saturated rings. The van der Waals surface area contributed by atoms with Crippen molar-refractivity contribution in [2.24, 2.45) is 0 Å². The second kappa shape index (κ2) is 6.57. The van der Waals surface area contributed by atoms with E-state index in [-0.39, 0.29) is 17.0 Å². The van der Waals surface area contributed by atoms with Gasteiger partial charge < -0.3 is 9.30 Å². The molecule has 0 amide bonds. The Morgan fingerprint density at radius 2 is 2.00 bits per heavy atom. The molecule has 1 aliphatic rings. The predicted molar refractivity (Wildman–Crippen MR) is 91.6 cm³/mol. The maximum absolute atomic E-state index is 12.6. The molecule has 1 aromatic carbocycles. The van der Waals surface area contributed by atoms with Crippen molar-refractivity contribution < 1.29 is 13.2 Å². The molecule has 0 radical (unpaired) electrons. The molecule has 6 nitrogen and oxygen atoms in total. The summed E-state index contributed by atoms with van der Waals surface area (Å²) >= 11 is 0. The topological polar surface area (TPSA) is 73.2 Å². The zero-order chi connectivity index (χ0) is 17.3. The Hall–Kier alpha value is -1.86. The zero-order valence-corrected chi connectivity index (χ0v) is 15.0. The highest BCUT2D eigenvalue weighted by atomic mass is 32.2. The quantitative estimate of drug-likeness (QED) is 0.899. The Balaban J connectivity index is 1.70. The summed E-state index contributed by atoms with van der Waals surface area (Å²) in [4.78, 5) is 4.70. The van der Waals surface area contributed by atoms with Gasteiger partial charge in [-0.05, 0) is 51.5 Å². The third-order valence-corrected chi connectivity index (χ3v) is 5.48. The van der Waals surface area contributed by atoms with E-state index in [0.717, 1.165) is 24.4 Å². The molecule has 2 heterocycles. The van der Waals surface area contributed by atoms with Crippen molar-refractivity contribution in [3.63, 3.8) is 0 Å². The Labute approximate surface area is 142 Å². The lowest BCUT2D eigenvalue weighted by Crippen LogP contribution is -2.40. The van der Waals surface area contributed by atoms with Crippen molar-refractivity contribution in [1.29, 1.82) is 0 Å². The van der Waals surface area contributed by atoms with Crippen molar-refractivity contribution in [3.8, 4) is 5.75 Å². The number of aryl methyl sites for hydroxylation is 2. The molecule has 1 N–H and O–H groups in total. The molecular weight excluding hydrogens is 326 g/mol. The van der Waals surface area contributed by atoms with Gasteiger partial charge in [0, 0.05) is 25.2 Å². The Morgan fingerprint density at radius 1 is 1.29 bits per heavy atom. The minimum absolute atomic E-state index is 0.0562. The van der Waals surface area contributed by atoms with Gasteiger partial charge in [-0.15, -0.1) is 0 Å². The van der Waals surface area contributed by atoms with Crippen LogP contribution in [0.2, 0.25) is 0 Å². The van der Waals surface area contributed by atoms with E-state index < -0.39 is 10.0 Å². The fraction of sp³-hybridized carbons (Fsp3) is 0.471. The molecule has 7 heteroatoms. The Morgan fingerprint density at radius 3 is 2.67 bits per heavy atom. The number of sulfonamides is 1. The minimum Gasteiger partial charge on any atom is -0.491 e. The number of benzene rings is 1. The summed E-state index contributed by atoms with van der Waals surface area (Å²) in [7, 11) is -3.54. The third kappa shape index (κ3) is 3.79. The number of hydrogen-bond acceptors (Lipinski definition) is 4. The maximum atomic E-state index is 12.6. The van der Waals surface area contributed by atoms with Crippen LogP contribution in [0.15, 0.2) is 35.4 Å². The largest absolute Gasteiger partial charge is 0.491 e. The number of nitrogens with one attached hydrogen (secondary N) is 1. The molecule has 3 rings (SSSR count). The fourth-order valence-corrected chi connectivity index (χ4v) is 4.20. The van der Waals surface area contributed by atoms with E-state index in [2.05, 4.69) is 9.71 Å². The van der Waals surface area contributed by atoms with Crippen LogP contribution in [0.1, 0.15) is 31.8 Å². The van der Waals surface area contributed by atoms with Gasteiger partial charge in [-0.3, -0.25) is 0 Å². The highest BCUT2D eigenvalue weighted by Crippen LogP contribution is 2.20. The van der Waals surface area contributed by atoms with Gasteiger partial charge in [0.25, 0.3) is 0 Å². The van der Waals surface area contributed by atoms with Crippen molar-refractivity contribution in [3.05, 3.63) is 42.0 Å². The van der Waals surface area contributed by atoms with Crippen LogP contribution in [-0.4, -0.2) is 30.1 Å². The van der Waals surface area contributed by atoms with Crippen molar-refractivity contribution in [2.75, 3.05) is 0 Å². The second-order valence-electron chi connectivity index (χ2n) is 6.45. The molecule has 0 unspecified atom stereocenters. The van der Waals surface area contributed by atoms with Gasteiger partial charge in [-0.2, -0.15) is 0 Å². The Kier molecular flexibility index (Phi) is 4.64. The van der Waals surface area contributed by atoms with E-state index in [1.807, 2.05) is 31.5 Å². The van der Waals surface area contributed by atoms with Gasteiger partial charge in [-0.1, -0.05) is 0 Å². The van der Waals surface area contributed by atoms with Gasteiger partial charge >= 0.3 is 0 Å². The van der Waals surface area contributed by atoms with E-state index in [1.54, 1.807) is 24.3 Å². The first kappa shape index (κ1) is 17.0. The SMILES string of the molecule is Cc1cn2c(n1)CC[C@H](NS(=O)(=O)c1ccc(OC(C)C)cc1)C2. The van der Waals surface area contributed by atoms with Crippen LogP contribution in [0, 0.1) is 6.92 Å². The van der Waals surface area contributed by atoms with E-state index in [9.17, 15) is 8.42 Å². The fourth-order valence-electron chi connectivity index (χ4n) is 2.94. The summed E-state index contributed by atoms with van der Waals surface area (Å²) in [5.41, 5.74) is 0.967. The number of imidazole rings is 1. The van der Waals surface area contributed by atoms with E-state index >= 15 is 0 Å². The zero-order valence-electron chi connectivity index (χ0n) is 14.2. The first-order valence-electron chi connectivity index (χ1n) is 8.15. The Bertz CT molecular complexity index is 810. The maximum Gasteiger partial charge on any atom is 0.240 e. The molecule has 1 atom stereocenters. The van der Waals surface area contributed by atoms with Crippen LogP contribution < -0.4 is 9.46 Å². The molecule has 0 bridgehead atoms. The summed E-state index contributed by atoms with van der Waals surface area (Å²) in [5, 5.41) is 0. The number of hydrogen-bond donors (Lipinski definition) is 1. The number of rotatable bonds is 5. The summed E-state index contributed by atoms with van der Waals surface area (Å²) < 4.78 is 35.5. The summed E-state index contributed by atoms with van der Waals surface area (Å²) in [6.07, 6.45) is 3.56. The first-order chi connectivity index (χ1) is 11.3. The van der Waals surface area contributed by atoms with Crippen LogP contribution in [-0.2, 0) is 23.0 Å². The molecule has 1 aliphatic heterocycles. The van der Waals surface area contributed by atoms with Gasteiger partial charge in [0.05, 0.1) is 16.7 Å². The van der Waals surface area contributed by atoms with Crippen LogP contribution in [0.3, 0.4) is 0 Å². The van der Waals surface area contributed by atoms with Crippen molar-refractivity contribution in [2.45, 2.75) is 57.2 Å². The second-order valence-corrected chi connectivity index (χ2v) is 8.16. The van der Waals surface area contributed by atoms with Crippen LogP contribution in [0.5, 0.6) is 5.75 Å². The van der Waals surface area contributed by atoms with Crippen molar-refractivity contribution >= 4 is 10.0 Å². The monoisotopic (exact) mass is 349 g/mol. The molecule has 0 saturated carbocycles. The summed E-state index contributed by atoms with van der Waals surface area (Å²) in [6.45, 7) is 6.43. The molecule has 0 spiro atoms. The lowest BCUT2D eigenvalue weighted by Gasteiger charge is -2.24. The van der Waals surface area contributed by atoms with E-state index in [4.69, 9.17) is 4.74 Å². The predicted octanol–water partition coefficient (Wildman–Crippen LogP) is 2.27. The van der Waals surface area contributed by atoms with E-state index in [0.29, 0.717) is 12.3 Å². The third-order valence-electron chi connectivity index (χ3n) is 3.94. The average Bonchev–Trinajstić information content (AvgIpc) is 2.86. The van der Waals surface area contributed by atoms with Crippen LogP contribution in [0.25, 0.3) is 0 Å². The molecule has 130 valence electrons. The smallest absolute Gasteiger partial charge is 0.240 e. The van der Waals surface area contributed by atoms with Crippen molar-refractivity contribution in [1.82, 2.24) is 14.3 Å². The number of nitrogens with zero attached hydrogens (tertiary/aromatic N) is 2. The number of aromatic nitrogens is 2. The normalized spacial score (nSPS) is 17.8. The van der Waals surface area contributed by atoms with Gasteiger partial charge in [0.2, 0.25) is 10.0 Å². The lowest BCUT2D eigenvalue weighted by atomic mass is 10.1. The average molecular weight is 349 g/mol. The molecule has 0 saturated heterocycles. The van der Waals surface area contributed by atoms with Crippen LogP contribution >= 0.6 is 0 Å². The molecule has 1 aromatic heterocycles. The van der Waals surface area contributed by atoms with Gasteiger partial charge in [0.1, 0.15) is 11.6 Å². The number of ether oxygens (including phenoxy) is 1. The highest BCUT2D eigenvalue weighted by molar-refractivity contribution is 7.89. The molecule has 0 aliphatic carbocycles. The van der Waals surface area contributed by atoms with E-state index in [1.165, 1.54) is 0 Å². The molecule has 24 heavy (non-hydrogen) atoms. The first-order valence-corrected chi connectivity index (χ1v) is 9.63. The summed E-state index contributed by atoms with van der Waals surface area (Å²) in [6, 6.07) is 6.41. The highest BCUT2D eigenvalue weighted by Gasteiger charge is 2.25. The van der Waals surface area contributed by atoms with Gasteiger partial charge in [0.15, 0.2) is 0 Å². The number of fused-ring (bicyclic) bond motifs is 1. The molecule has 2 aromatic rings. The molecular formula is C17H23N3O3S. The summed E-state index contributed by atoms with van der Waals surface area (Å²) in [5.74, 6) is 1.69. The lowest BCUT2D eigenvalue weighted by molar-refractivity contribution is 0.242. The standard InChI is InChI=1S/C17H23N3O3S/c1-12(2)23-15-5-7-16(8-6-15)24(21,22)19-14-4-9-17-18-13(3)10-20(17)11-14/h5-8,10,12,14,19H,4,9,11H2,1-3H3/t14-/m0/s1. The minimum atomic E-state index is -3.54.